The van der Waals surface area contributed by atoms with Gasteiger partial charge in [-0.05, 0) is 17.9 Å². The maximum Gasteiger partial charge on any atom is 0.150 e. The molecule has 1 aromatic carbocycles. The molecule has 1 aliphatic rings. The number of hydrogen-bond donors (Lipinski definition) is 1. The molecule has 2 atom stereocenters. The van der Waals surface area contributed by atoms with E-state index in [0.717, 1.165) is 5.56 Å². The van der Waals surface area contributed by atoms with E-state index < -0.39 is 9.84 Å². The van der Waals surface area contributed by atoms with Gasteiger partial charge in [0.25, 0.3) is 0 Å². The molecule has 1 aromatic rings. The Hall–Kier alpha value is -0.910. The molecule has 0 spiro atoms. The standard InChI is InChI=1S/C13H19NO3S/c14-13(12-6-7-18(15,16)10-12)9-17-8-11-4-2-1-3-5-11/h1-5,12-13H,6-10,14H2. The summed E-state index contributed by atoms with van der Waals surface area (Å²) in [5.74, 6) is 0.526. The second-order valence-corrected chi connectivity index (χ2v) is 7.06. The van der Waals surface area contributed by atoms with Crippen LogP contribution in [0.25, 0.3) is 0 Å². The molecule has 2 rings (SSSR count). The Labute approximate surface area is 108 Å². The zero-order chi connectivity index (χ0) is 13.0. The highest BCUT2D eigenvalue weighted by Crippen LogP contribution is 2.21. The van der Waals surface area contributed by atoms with Gasteiger partial charge in [-0.2, -0.15) is 0 Å². The second-order valence-electron chi connectivity index (χ2n) is 4.83. The van der Waals surface area contributed by atoms with Crippen molar-refractivity contribution in [1.29, 1.82) is 0 Å². The first-order valence-electron chi connectivity index (χ1n) is 6.14. The predicted molar refractivity (Wildman–Crippen MR) is 70.8 cm³/mol. The molecule has 1 fully saturated rings. The zero-order valence-electron chi connectivity index (χ0n) is 10.3. The van der Waals surface area contributed by atoms with Crippen molar-refractivity contribution in [2.45, 2.75) is 19.1 Å². The highest BCUT2D eigenvalue weighted by atomic mass is 32.2. The molecule has 100 valence electrons. The summed E-state index contributed by atoms with van der Waals surface area (Å²) in [4.78, 5) is 0. The van der Waals surface area contributed by atoms with Crippen LogP contribution in [0.15, 0.2) is 30.3 Å². The van der Waals surface area contributed by atoms with Gasteiger partial charge in [0.05, 0.1) is 24.7 Å². The van der Waals surface area contributed by atoms with Crippen molar-refractivity contribution in [3.8, 4) is 0 Å². The molecular weight excluding hydrogens is 250 g/mol. The molecule has 5 heteroatoms. The van der Waals surface area contributed by atoms with Gasteiger partial charge in [0.15, 0.2) is 9.84 Å². The fraction of sp³-hybridized carbons (Fsp3) is 0.538. The first-order valence-corrected chi connectivity index (χ1v) is 7.97. The Morgan fingerprint density at radius 2 is 2.06 bits per heavy atom. The summed E-state index contributed by atoms with van der Waals surface area (Å²) < 4.78 is 28.2. The number of sulfone groups is 1. The minimum Gasteiger partial charge on any atom is -0.375 e. The van der Waals surface area contributed by atoms with Crippen LogP contribution in [-0.4, -0.2) is 32.6 Å². The van der Waals surface area contributed by atoms with E-state index in [1.807, 2.05) is 30.3 Å². The minimum atomic E-state index is -2.85. The van der Waals surface area contributed by atoms with Gasteiger partial charge < -0.3 is 10.5 Å². The molecular formula is C13H19NO3S. The molecule has 1 saturated heterocycles. The summed E-state index contributed by atoms with van der Waals surface area (Å²) in [5, 5.41) is 0. The van der Waals surface area contributed by atoms with Crippen LogP contribution in [0.3, 0.4) is 0 Å². The monoisotopic (exact) mass is 269 g/mol. The Bertz CT molecular complexity index is 472. The van der Waals surface area contributed by atoms with Crippen molar-refractivity contribution in [2.75, 3.05) is 18.1 Å². The summed E-state index contributed by atoms with van der Waals surface area (Å²) in [6.07, 6.45) is 0.665. The fourth-order valence-corrected chi connectivity index (χ4v) is 4.08. The van der Waals surface area contributed by atoms with Gasteiger partial charge >= 0.3 is 0 Å². The van der Waals surface area contributed by atoms with Crippen molar-refractivity contribution >= 4 is 9.84 Å². The second kappa shape index (κ2) is 5.82. The third kappa shape index (κ3) is 3.80. The number of benzene rings is 1. The fourth-order valence-electron chi connectivity index (χ4n) is 2.18. The Balaban J connectivity index is 1.74. The van der Waals surface area contributed by atoms with Crippen LogP contribution >= 0.6 is 0 Å². The average molecular weight is 269 g/mol. The summed E-state index contributed by atoms with van der Waals surface area (Å²) in [7, 11) is -2.85. The van der Waals surface area contributed by atoms with Crippen molar-refractivity contribution in [3.05, 3.63) is 35.9 Å². The quantitative estimate of drug-likeness (QED) is 0.864. The molecule has 0 bridgehead atoms. The lowest BCUT2D eigenvalue weighted by molar-refractivity contribution is 0.0960. The average Bonchev–Trinajstić information content (AvgIpc) is 2.71. The van der Waals surface area contributed by atoms with Crippen molar-refractivity contribution in [2.24, 2.45) is 11.7 Å². The van der Waals surface area contributed by atoms with E-state index in [4.69, 9.17) is 10.5 Å². The molecule has 2 unspecified atom stereocenters. The molecule has 0 aliphatic carbocycles. The third-order valence-electron chi connectivity index (χ3n) is 3.30. The lowest BCUT2D eigenvalue weighted by Crippen LogP contribution is -2.35. The molecule has 1 heterocycles. The van der Waals surface area contributed by atoms with Gasteiger partial charge in [-0.3, -0.25) is 0 Å². The van der Waals surface area contributed by atoms with Gasteiger partial charge in [-0.25, -0.2) is 8.42 Å². The van der Waals surface area contributed by atoms with E-state index in [9.17, 15) is 8.42 Å². The zero-order valence-corrected chi connectivity index (χ0v) is 11.1. The third-order valence-corrected chi connectivity index (χ3v) is 5.09. The summed E-state index contributed by atoms with van der Waals surface area (Å²) in [6, 6.07) is 9.67. The number of rotatable bonds is 5. The van der Waals surface area contributed by atoms with Crippen LogP contribution in [0.1, 0.15) is 12.0 Å². The van der Waals surface area contributed by atoms with Crippen LogP contribution in [0.2, 0.25) is 0 Å². The lowest BCUT2D eigenvalue weighted by Gasteiger charge is -2.17. The minimum absolute atomic E-state index is 0.0470. The van der Waals surface area contributed by atoms with Crippen molar-refractivity contribution < 1.29 is 13.2 Å². The van der Waals surface area contributed by atoms with E-state index in [2.05, 4.69) is 0 Å². The van der Waals surface area contributed by atoms with Crippen LogP contribution in [0.4, 0.5) is 0 Å². The largest absolute Gasteiger partial charge is 0.375 e. The summed E-state index contributed by atoms with van der Waals surface area (Å²) >= 11 is 0. The molecule has 4 nitrogen and oxygen atoms in total. The van der Waals surface area contributed by atoms with Gasteiger partial charge in [0.2, 0.25) is 0 Å². The Morgan fingerprint density at radius 1 is 1.33 bits per heavy atom. The highest BCUT2D eigenvalue weighted by Gasteiger charge is 2.31. The highest BCUT2D eigenvalue weighted by molar-refractivity contribution is 7.91. The lowest BCUT2D eigenvalue weighted by atomic mass is 10.0. The van der Waals surface area contributed by atoms with Gasteiger partial charge in [0.1, 0.15) is 0 Å². The topological polar surface area (TPSA) is 69.4 Å². The van der Waals surface area contributed by atoms with Crippen LogP contribution in [0.5, 0.6) is 0 Å². The molecule has 0 aromatic heterocycles. The van der Waals surface area contributed by atoms with Crippen LogP contribution < -0.4 is 5.73 Å². The predicted octanol–water partition coefficient (Wildman–Crippen LogP) is 0.965. The molecule has 0 radical (unpaired) electrons. The van der Waals surface area contributed by atoms with Gasteiger partial charge in [-0.1, -0.05) is 30.3 Å². The molecule has 18 heavy (non-hydrogen) atoms. The first-order chi connectivity index (χ1) is 8.57. The maximum absolute atomic E-state index is 11.3. The smallest absolute Gasteiger partial charge is 0.150 e. The Kier molecular flexibility index (Phi) is 4.37. The van der Waals surface area contributed by atoms with Crippen LogP contribution in [-0.2, 0) is 21.2 Å². The number of nitrogens with two attached hydrogens (primary N) is 1. The van der Waals surface area contributed by atoms with E-state index in [1.165, 1.54) is 0 Å². The number of ether oxygens (including phenoxy) is 1. The summed E-state index contributed by atoms with van der Waals surface area (Å²) in [6.45, 7) is 0.934. The first kappa shape index (κ1) is 13.5. The van der Waals surface area contributed by atoms with Crippen molar-refractivity contribution in [1.82, 2.24) is 0 Å². The van der Waals surface area contributed by atoms with E-state index in [0.29, 0.717) is 19.6 Å². The van der Waals surface area contributed by atoms with Gasteiger partial charge in [0, 0.05) is 6.04 Å². The van der Waals surface area contributed by atoms with E-state index >= 15 is 0 Å². The SMILES string of the molecule is NC(COCc1ccccc1)C1CCS(=O)(=O)C1. The molecule has 1 aliphatic heterocycles. The van der Waals surface area contributed by atoms with E-state index in [1.54, 1.807) is 0 Å². The normalized spacial score (nSPS) is 23.9. The molecule has 0 amide bonds. The Morgan fingerprint density at radius 3 is 2.67 bits per heavy atom. The van der Waals surface area contributed by atoms with Gasteiger partial charge in [-0.15, -0.1) is 0 Å². The van der Waals surface area contributed by atoms with Crippen molar-refractivity contribution in [3.63, 3.8) is 0 Å². The number of hydrogen-bond acceptors (Lipinski definition) is 4. The van der Waals surface area contributed by atoms with E-state index in [-0.39, 0.29) is 23.5 Å². The van der Waals surface area contributed by atoms with Crippen LogP contribution in [0, 0.1) is 5.92 Å². The molecule has 0 saturated carbocycles. The summed E-state index contributed by atoms with van der Waals surface area (Å²) in [5.41, 5.74) is 7.08. The maximum atomic E-state index is 11.3. The molecule has 2 N–H and O–H groups in total.